The zero-order chi connectivity index (χ0) is 21.5. The van der Waals surface area contributed by atoms with Crippen LogP contribution in [-0.4, -0.2) is 43.5 Å². The van der Waals surface area contributed by atoms with Crippen LogP contribution in [0.2, 0.25) is 0 Å². The largest absolute Gasteiger partial charge is 0.489 e. The summed E-state index contributed by atoms with van der Waals surface area (Å²) in [6, 6.07) is 24.0. The molecule has 1 aliphatic rings. The van der Waals surface area contributed by atoms with E-state index in [0.29, 0.717) is 13.2 Å². The zero-order valence-corrected chi connectivity index (χ0v) is 17.3. The van der Waals surface area contributed by atoms with Gasteiger partial charge in [0.25, 0.3) is 0 Å². The number of hydrogen-bond acceptors (Lipinski definition) is 4. The number of halogens is 1. The van der Waals surface area contributed by atoms with Crippen LogP contribution in [0.4, 0.5) is 15.8 Å². The number of ether oxygens (including phenoxy) is 1. The van der Waals surface area contributed by atoms with E-state index in [4.69, 9.17) is 4.74 Å². The molecule has 0 aromatic heterocycles. The lowest BCUT2D eigenvalue weighted by atomic mass is 10.2. The lowest BCUT2D eigenvalue weighted by Gasteiger charge is -2.35. The molecule has 0 bridgehead atoms. The van der Waals surface area contributed by atoms with Crippen molar-refractivity contribution >= 4 is 17.3 Å². The SMILES string of the molecule is O=C(CN1CCN(c2ccc(F)cc2)CC1)Nc1ccc(OCc2ccccc2)cc1. The molecular formula is C25H26FN3O2. The fraction of sp³-hybridized carbons (Fsp3) is 0.240. The summed E-state index contributed by atoms with van der Waals surface area (Å²) in [5.74, 6) is 0.502. The van der Waals surface area contributed by atoms with E-state index in [1.165, 1.54) is 12.1 Å². The number of carbonyl (C=O) groups excluding carboxylic acids is 1. The highest BCUT2D eigenvalue weighted by molar-refractivity contribution is 5.92. The van der Waals surface area contributed by atoms with Crippen molar-refractivity contribution in [1.29, 1.82) is 0 Å². The Labute approximate surface area is 182 Å². The number of nitrogens with zero attached hydrogens (tertiary/aromatic N) is 2. The molecule has 0 spiro atoms. The minimum absolute atomic E-state index is 0.0341. The molecule has 4 rings (SSSR count). The topological polar surface area (TPSA) is 44.8 Å². The number of benzene rings is 3. The van der Waals surface area contributed by atoms with Crippen LogP contribution >= 0.6 is 0 Å². The van der Waals surface area contributed by atoms with Gasteiger partial charge in [0.1, 0.15) is 18.2 Å². The monoisotopic (exact) mass is 419 g/mol. The van der Waals surface area contributed by atoms with Gasteiger partial charge < -0.3 is 15.0 Å². The first-order chi connectivity index (χ1) is 15.2. The number of rotatable bonds is 7. The molecule has 3 aromatic carbocycles. The first-order valence-electron chi connectivity index (χ1n) is 10.5. The van der Waals surface area contributed by atoms with Crippen LogP contribution in [0.3, 0.4) is 0 Å². The fourth-order valence-corrected chi connectivity index (χ4v) is 3.60. The Hall–Kier alpha value is -3.38. The smallest absolute Gasteiger partial charge is 0.238 e. The van der Waals surface area contributed by atoms with Crippen LogP contribution in [0.1, 0.15) is 5.56 Å². The molecule has 1 saturated heterocycles. The summed E-state index contributed by atoms with van der Waals surface area (Å²) in [6.07, 6.45) is 0. The van der Waals surface area contributed by atoms with Crippen molar-refractivity contribution in [3.8, 4) is 5.75 Å². The van der Waals surface area contributed by atoms with E-state index in [1.54, 1.807) is 12.1 Å². The third kappa shape index (κ3) is 6.06. The molecule has 1 heterocycles. The Morgan fingerprint density at radius 2 is 1.55 bits per heavy atom. The van der Waals surface area contributed by atoms with Crippen LogP contribution in [0.5, 0.6) is 5.75 Å². The predicted octanol–water partition coefficient (Wildman–Crippen LogP) is 4.17. The van der Waals surface area contributed by atoms with Gasteiger partial charge in [-0.25, -0.2) is 4.39 Å². The van der Waals surface area contributed by atoms with Gasteiger partial charge in [-0.2, -0.15) is 0 Å². The molecule has 0 radical (unpaired) electrons. The maximum atomic E-state index is 13.1. The lowest BCUT2D eigenvalue weighted by molar-refractivity contribution is -0.117. The maximum Gasteiger partial charge on any atom is 0.238 e. The normalized spacial score (nSPS) is 14.3. The van der Waals surface area contributed by atoms with E-state index < -0.39 is 0 Å². The summed E-state index contributed by atoms with van der Waals surface area (Å²) in [5, 5.41) is 2.95. The van der Waals surface area contributed by atoms with Crippen molar-refractivity contribution in [3.05, 3.63) is 90.2 Å². The summed E-state index contributed by atoms with van der Waals surface area (Å²) in [4.78, 5) is 16.8. The van der Waals surface area contributed by atoms with Gasteiger partial charge >= 0.3 is 0 Å². The molecule has 1 N–H and O–H groups in total. The molecule has 5 nitrogen and oxygen atoms in total. The van der Waals surface area contributed by atoms with E-state index in [2.05, 4.69) is 15.1 Å². The van der Waals surface area contributed by atoms with Crippen molar-refractivity contribution in [2.45, 2.75) is 6.61 Å². The van der Waals surface area contributed by atoms with Gasteiger partial charge in [-0.3, -0.25) is 9.69 Å². The average Bonchev–Trinajstić information content (AvgIpc) is 2.80. The number of piperazine rings is 1. The highest BCUT2D eigenvalue weighted by atomic mass is 19.1. The molecule has 6 heteroatoms. The Balaban J connectivity index is 1.20. The Bertz CT molecular complexity index is 970. The summed E-state index contributed by atoms with van der Waals surface area (Å²) in [6.45, 7) is 4.06. The van der Waals surface area contributed by atoms with Gasteiger partial charge in [0.15, 0.2) is 0 Å². The standard InChI is InChI=1S/C25H26FN3O2/c26-21-6-10-23(11-7-21)29-16-14-28(15-17-29)18-25(30)27-22-8-12-24(13-9-22)31-19-20-4-2-1-3-5-20/h1-13H,14-19H2,(H,27,30). The van der Waals surface area contributed by atoms with Gasteiger partial charge in [-0.05, 0) is 54.1 Å². The number of nitrogens with one attached hydrogen (secondary N) is 1. The van der Waals surface area contributed by atoms with Gasteiger partial charge in [-0.1, -0.05) is 30.3 Å². The van der Waals surface area contributed by atoms with E-state index in [9.17, 15) is 9.18 Å². The Kier molecular flexibility index (Phi) is 6.79. The van der Waals surface area contributed by atoms with Crippen molar-refractivity contribution < 1.29 is 13.9 Å². The van der Waals surface area contributed by atoms with Crippen LogP contribution in [0.15, 0.2) is 78.9 Å². The molecule has 1 fully saturated rings. The van der Waals surface area contributed by atoms with Crippen LogP contribution in [-0.2, 0) is 11.4 Å². The first kappa shape index (κ1) is 20.9. The number of hydrogen-bond donors (Lipinski definition) is 1. The summed E-state index contributed by atoms with van der Waals surface area (Å²) < 4.78 is 18.9. The molecule has 1 aliphatic heterocycles. The molecular weight excluding hydrogens is 393 g/mol. The molecule has 0 saturated carbocycles. The third-order valence-corrected chi connectivity index (χ3v) is 5.32. The highest BCUT2D eigenvalue weighted by Crippen LogP contribution is 2.18. The summed E-state index contributed by atoms with van der Waals surface area (Å²) in [7, 11) is 0. The number of carbonyl (C=O) groups is 1. The van der Waals surface area contributed by atoms with Gasteiger partial charge in [0, 0.05) is 37.6 Å². The summed E-state index contributed by atoms with van der Waals surface area (Å²) >= 11 is 0. The van der Waals surface area contributed by atoms with Crippen molar-refractivity contribution in [3.63, 3.8) is 0 Å². The first-order valence-corrected chi connectivity index (χ1v) is 10.5. The molecule has 0 atom stereocenters. The maximum absolute atomic E-state index is 13.1. The quantitative estimate of drug-likeness (QED) is 0.625. The van der Waals surface area contributed by atoms with Crippen LogP contribution in [0.25, 0.3) is 0 Å². The zero-order valence-electron chi connectivity index (χ0n) is 17.3. The Morgan fingerprint density at radius 1 is 0.871 bits per heavy atom. The second kappa shape index (κ2) is 10.1. The fourth-order valence-electron chi connectivity index (χ4n) is 3.60. The number of amides is 1. The summed E-state index contributed by atoms with van der Waals surface area (Å²) in [5.41, 5.74) is 2.88. The minimum atomic E-state index is -0.227. The second-order valence-corrected chi connectivity index (χ2v) is 7.59. The van der Waals surface area contributed by atoms with Gasteiger partial charge in [0.05, 0.1) is 6.54 Å². The predicted molar refractivity (Wildman–Crippen MR) is 121 cm³/mol. The number of anilines is 2. The second-order valence-electron chi connectivity index (χ2n) is 7.59. The van der Waals surface area contributed by atoms with Gasteiger partial charge in [-0.15, -0.1) is 0 Å². The molecule has 31 heavy (non-hydrogen) atoms. The van der Waals surface area contributed by atoms with Crippen molar-refractivity contribution in [2.75, 3.05) is 42.9 Å². The molecule has 160 valence electrons. The molecule has 3 aromatic rings. The van der Waals surface area contributed by atoms with E-state index in [-0.39, 0.29) is 11.7 Å². The Morgan fingerprint density at radius 3 is 2.23 bits per heavy atom. The average molecular weight is 420 g/mol. The van der Waals surface area contributed by atoms with Gasteiger partial charge in [0.2, 0.25) is 5.91 Å². The van der Waals surface area contributed by atoms with Crippen LogP contribution < -0.4 is 15.0 Å². The molecule has 1 amide bonds. The van der Waals surface area contributed by atoms with Crippen molar-refractivity contribution in [1.82, 2.24) is 4.90 Å². The van der Waals surface area contributed by atoms with Crippen molar-refractivity contribution in [2.24, 2.45) is 0 Å². The third-order valence-electron chi connectivity index (χ3n) is 5.32. The molecule has 0 aliphatic carbocycles. The van der Waals surface area contributed by atoms with E-state index >= 15 is 0 Å². The van der Waals surface area contributed by atoms with Crippen LogP contribution in [0, 0.1) is 5.82 Å². The van der Waals surface area contributed by atoms with E-state index in [0.717, 1.165) is 48.9 Å². The minimum Gasteiger partial charge on any atom is -0.489 e. The van der Waals surface area contributed by atoms with E-state index in [1.807, 2.05) is 54.6 Å². The highest BCUT2D eigenvalue weighted by Gasteiger charge is 2.19. The lowest BCUT2D eigenvalue weighted by Crippen LogP contribution is -2.48. The molecule has 0 unspecified atom stereocenters.